The number of aromatic amines is 1. The number of anilines is 1. The average Bonchev–Trinajstić information content (AvgIpc) is 3.25. The van der Waals surface area contributed by atoms with E-state index in [-0.39, 0.29) is 17.1 Å². The van der Waals surface area contributed by atoms with E-state index in [2.05, 4.69) is 26.6 Å². The fourth-order valence-electron chi connectivity index (χ4n) is 2.63. The Morgan fingerprint density at radius 2 is 2.26 bits per heavy atom. The van der Waals surface area contributed by atoms with Crippen molar-refractivity contribution in [1.82, 2.24) is 15.2 Å². The molecule has 1 atom stereocenters. The van der Waals surface area contributed by atoms with Crippen LogP contribution in [0.2, 0.25) is 0 Å². The SMILES string of the molecule is O=C(Nc1n[nH]c(-c2ccoc2)n1)[C@H]1SCCc2ccccc21. The smallest absolute Gasteiger partial charge is 0.249 e. The number of nitrogens with zero attached hydrogens (tertiary/aromatic N) is 2. The van der Waals surface area contributed by atoms with E-state index >= 15 is 0 Å². The fraction of sp³-hybridized carbons (Fsp3) is 0.188. The van der Waals surface area contributed by atoms with Gasteiger partial charge in [-0.05, 0) is 29.4 Å². The van der Waals surface area contributed by atoms with Crippen LogP contribution in [0.1, 0.15) is 16.4 Å². The van der Waals surface area contributed by atoms with Crippen LogP contribution in [0.5, 0.6) is 0 Å². The summed E-state index contributed by atoms with van der Waals surface area (Å²) in [5.41, 5.74) is 3.10. The second kappa shape index (κ2) is 5.92. The molecule has 0 saturated carbocycles. The molecule has 23 heavy (non-hydrogen) atoms. The summed E-state index contributed by atoms with van der Waals surface area (Å²) in [7, 11) is 0. The van der Waals surface area contributed by atoms with Crippen LogP contribution in [-0.2, 0) is 11.2 Å². The molecule has 0 saturated heterocycles. The summed E-state index contributed by atoms with van der Waals surface area (Å²) in [6.45, 7) is 0. The highest BCUT2D eigenvalue weighted by Crippen LogP contribution is 2.37. The van der Waals surface area contributed by atoms with Gasteiger partial charge in [-0.1, -0.05) is 24.3 Å². The minimum absolute atomic E-state index is 0.0973. The van der Waals surface area contributed by atoms with Crippen LogP contribution in [0, 0.1) is 0 Å². The minimum atomic E-state index is -0.226. The molecular weight excluding hydrogens is 312 g/mol. The normalized spacial score (nSPS) is 16.8. The number of thioether (sulfide) groups is 1. The maximum Gasteiger partial charge on any atom is 0.249 e. The first-order chi connectivity index (χ1) is 11.3. The molecule has 6 nitrogen and oxygen atoms in total. The maximum atomic E-state index is 12.6. The number of furan rings is 1. The highest BCUT2D eigenvalue weighted by Gasteiger charge is 2.27. The lowest BCUT2D eigenvalue weighted by Gasteiger charge is -2.23. The molecule has 0 unspecified atom stereocenters. The molecule has 1 aliphatic rings. The number of nitrogens with one attached hydrogen (secondary N) is 2. The van der Waals surface area contributed by atoms with Gasteiger partial charge in [0.1, 0.15) is 11.5 Å². The van der Waals surface area contributed by atoms with Crippen LogP contribution in [0.3, 0.4) is 0 Å². The summed E-state index contributed by atoms with van der Waals surface area (Å²) in [5, 5.41) is 9.40. The molecule has 1 amide bonds. The molecule has 2 N–H and O–H groups in total. The van der Waals surface area contributed by atoms with Crippen molar-refractivity contribution in [2.24, 2.45) is 0 Å². The van der Waals surface area contributed by atoms with Crippen molar-refractivity contribution in [2.75, 3.05) is 11.1 Å². The third kappa shape index (κ3) is 2.75. The van der Waals surface area contributed by atoms with E-state index in [1.807, 2.05) is 18.2 Å². The van der Waals surface area contributed by atoms with Gasteiger partial charge in [0.25, 0.3) is 0 Å². The quantitative estimate of drug-likeness (QED) is 0.773. The summed E-state index contributed by atoms with van der Waals surface area (Å²) in [6, 6.07) is 9.85. The van der Waals surface area contributed by atoms with Gasteiger partial charge in [-0.15, -0.1) is 16.9 Å². The number of amides is 1. The molecule has 3 heterocycles. The van der Waals surface area contributed by atoms with Gasteiger partial charge in [0.2, 0.25) is 11.9 Å². The highest BCUT2D eigenvalue weighted by molar-refractivity contribution is 8.00. The Morgan fingerprint density at radius 1 is 1.35 bits per heavy atom. The lowest BCUT2D eigenvalue weighted by atomic mass is 10.0. The van der Waals surface area contributed by atoms with Crippen molar-refractivity contribution >= 4 is 23.6 Å². The Morgan fingerprint density at radius 3 is 3.13 bits per heavy atom. The molecular formula is C16H14N4O2S. The first-order valence-electron chi connectivity index (χ1n) is 7.26. The molecule has 0 spiro atoms. The van der Waals surface area contributed by atoms with E-state index in [1.165, 1.54) is 5.56 Å². The molecule has 1 aliphatic heterocycles. The van der Waals surface area contributed by atoms with Crippen molar-refractivity contribution in [1.29, 1.82) is 0 Å². The van der Waals surface area contributed by atoms with Crippen LogP contribution < -0.4 is 5.32 Å². The molecule has 3 aromatic rings. The number of aryl methyl sites for hydroxylation is 1. The van der Waals surface area contributed by atoms with Crippen molar-refractivity contribution in [3.63, 3.8) is 0 Å². The predicted octanol–water partition coefficient (Wildman–Crippen LogP) is 3.03. The van der Waals surface area contributed by atoms with Gasteiger partial charge < -0.3 is 4.42 Å². The summed E-state index contributed by atoms with van der Waals surface area (Å²) in [6.07, 6.45) is 4.13. The standard InChI is InChI=1S/C16H14N4O2S/c21-15(13-12-4-2-1-3-10(12)6-8-23-13)18-16-17-14(19-20-16)11-5-7-22-9-11/h1-5,7,9,13H,6,8H2,(H2,17,18,19,20,21)/t13-/m0/s1. The molecule has 0 fully saturated rings. The second-order valence-corrected chi connectivity index (χ2v) is 6.42. The van der Waals surface area contributed by atoms with Crippen molar-refractivity contribution in [3.05, 3.63) is 54.0 Å². The van der Waals surface area contributed by atoms with Gasteiger partial charge in [-0.3, -0.25) is 15.2 Å². The third-order valence-electron chi connectivity index (χ3n) is 3.75. The molecule has 4 rings (SSSR count). The van der Waals surface area contributed by atoms with Crippen molar-refractivity contribution < 1.29 is 9.21 Å². The van der Waals surface area contributed by atoms with Gasteiger partial charge in [0.15, 0.2) is 5.82 Å². The van der Waals surface area contributed by atoms with Gasteiger partial charge >= 0.3 is 0 Å². The number of rotatable bonds is 3. The Bertz CT molecular complexity index is 828. The predicted molar refractivity (Wildman–Crippen MR) is 88.1 cm³/mol. The maximum absolute atomic E-state index is 12.6. The van der Waals surface area contributed by atoms with Crippen LogP contribution in [0.15, 0.2) is 47.3 Å². The monoisotopic (exact) mass is 326 g/mol. The molecule has 116 valence electrons. The van der Waals surface area contributed by atoms with Crippen LogP contribution in [0.25, 0.3) is 11.4 Å². The number of carbonyl (C=O) groups excluding carboxylic acids is 1. The minimum Gasteiger partial charge on any atom is -0.472 e. The highest BCUT2D eigenvalue weighted by atomic mass is 32.2. The number of fused-ring (bicyclic) bond motifs is 1. The summed E-state index contributed by atoms with van der Waals surface area (Å²) in [4.78, 5) is 16.9. The lowest BCUT2D eigenvalue weighted by Crippen LogP contribution is -2.23. The zero-order valence-corrected chi connectivity index (χ0v) is 13.0. The number of benzene rings is 1. The topological polar surface area (TPSA) is 83.8 Å². The van der Waals surface area contributed by atoms with E-state index in [1.54, 1.807) is 30.4 Å². The third-order valence-corrected chi connectivity index (χ3v) is 4.99. The number of H-pyrrole nitrogens is 1. The largest absolute Gasteiger partial charge is 0.472 e. The van der Waals surface area contributed by atoms with Gasteiger partial charge in [-0.2, -0.15) is 4.98 Å². The fourth-order valence-corrected chi connectivity index (χ4v) is 3.83. The number of carbonyl (C=O) groups is 1. The molecule has 0 bridgehead atoms. The van der Waals surface area contributed by atoms with Crippen LogP contribution >= 0.6 is 11.8 Å². The molecule has 0 radical (unpaired) electrons. The first-order valence-corrected chi connectivity index (χ1v) is 8.31. The second-order valence-electron chi connectivity index (χ2n) is 5.21. The Labute approximate surface area is 136 Å². The molecule has 0 aliphatic carbocycles. The zero-order chi connectivity index (χ0) is 15.6. The van der Waals surface area contributed by atoms with Crippen molar-refractivity contribution in [3.8, 4) is 11.4 Å². The Balaban J connectivity index is 1.53. The zero-order valence-electron chi connectivity index (χ0n) is 12.2. The van der Waals surface area contributed by atoms with E-state index < -0.39 is 0 Å². The average molecular weight is 326 g/mol. The van der Waals surface area contributed by atoms with Crippen LogP contribution in [-0.4, -0.2) is 26.8 Å². The molecule has 7 heteroatoms. The molecule has 1 aromatic carbocycles. The Hall–Kier alpha value is -2.54. The molecule has 2 aromatic heterocycles. The number of aromatic nitrogens is 3. The lowest BCUT2D eigenvalue weighted by molar-refractivity contribution is -0.115. The van der Waals surface area contributed by atoms with Crippen molar-refractivity contribution in [2.45, 2.75) is 11.7 Å². The van der Waals surface area contributed by atoms with Gasteiger partial charge in [0.05, 0.1) is 11.8 Å². The summed E-state index contributed by atoms with van der Waals surface area (Å²) >= 11 is 1.64. The van der Waals surface area contributed by atoms with E-state index in [0.717, 1.165) is 23.3 Å². The first kappa shape index (κ1) is 14.1. The van der Waals surface area contributed by atoms with Crippen LogP contribution in [0.4, 0.5) is 5.95 Å². The van der Waals surface area contributed by atoms with E-state index in [4.69, 9.17) is 4.42 Å². The number of hydrogen-bond acceptors (Lipinski definition) is 5. The van der Waals surface area contributed by atoms with E-state index in [0.29, 0.717) is 5.82 Å². The Kier molecular flexibility index (Phi) is 3.63. The van der Waals surface area contributed by atoms with E-state index in [9.17, 15) is 4.79 Å². The summed E-state index contributed by atoms with van der Waals surface area (Å²) in [5.74, 6) is 1.67. The van der Waals surface area contributed by atoms with Gasteiger partial charge in [-0.25, -0.2) is 0 Å². The van der Waals surface area contributed by atoms with Gasteiger partial charge in [0, 0.05) is 0 Å². The number of hydrogen-bond donors (Lipinski definition) is 2. The summed E-state index contributed by atoms with van der Waals surface area (Å²) < 4.78 is 5.02.